The number of nitrogens with zero attached hydrogens (tertiary/aromatic N) is 3. The first-order chi connectivity index (χ1) is 34.4. The Morgan fingerprint density at radius 1 is 0.408 bits per heavy atom. The maximum absolute atomic E-state index is 13.3. The van der Waals surface area contributed by atoms with E-state index in [4.69, 9.17) is 18.9 Å². The van der Waals surface area contributed by atoms with E-state index >= 15 is 0 Å². The Hall–Kier alpha value is -7.72. The summed E-state index contributed by atoms with van der Waals surface area (Å²) in [5.41, 5.74) is 12.8. The van der Waals surface area contributed by atoms with Gasteiger partial charge in [-0.15, -0.1) is 0 Å². The third kappa shape index (κ3) is 7.62. The van der Waals surface area contributed by atoms with Crippen molar-refractivity contribution in [2.75, 3.05) is 59.3 Å². The fourth-order valence-corrected chi connectivity index (χ4v) is 11.1. The minimum Gasteiger partial charge on any atom is -0.456 e. The van der Waals surface area contributed by atoms with E-state index in [0.717, 1.165) is 118 Å². The lowest BCUT2D eigenvalue weighted by Crippen LogP contribution is -2.33. The zero-order valence-electron chi connectivity index (χ0n) is 42.2. The lowest BCUT2D eigenvalue weighted by Gasteiger charge is -2.37. The SMILES string of the molecule is CCN(CC)c1ccc2c(c1)Oc1cc(C)c(Nc3ccc(C)cc3C)cc1C21OC(=O)c2ccccc21.CCN(CC)c1ccc2c(c1)Oc1cc(N(CC)CC)ccc1C21OC(=O)c2ccccc21. The third-order valence-corrected chi connectivity index (χ3v) is 14.8. The predicted molar refractivity (Wildman–Crippen MR) is 284 cm³/mol. The average Bonchev–Trinajstić information content (AvgIpc) is 3.84. The molecule has 362 valence electrons. The highest BCUT2D eigenvalue weighted by atomic mass is 16.6. The molecule has 1 atom stereocenters. The van der Waals surface area contributed by atoms with Crippen LogP contribution in [-0.4, -0.2) is 51.2 Å². The van der Waals surface area contributed by atoms with E-state index in [2.05, 4.69) is 161 Å². The molecule has 7 aromatic rings. The van der Waals surface area contributed by atoms with E-state index < -0.39 is 11.2 Å². The highest BCUT2D eigenvalue weighted by Crippen LogP contribution is 2.59. The number of esters is 2. The molecule has 0 aromatic heterocycles. The van der Waals surface area contributed by atoms with Crippen LogP contribution in [0.15, 0.2) is 133 Å². The number of rotatable bonds is 11. The van der Waals surface area contributed by atoms with Gasteiger partial charge in [-0.2, -0.15) is 0 Å². The van der Waals surface area contributed by atoms with Gasteiger partial charge in [0, 0.05) is 119 Å². The summed E-state index contributed by atoms with van der Waals surface area (Å²) >= 11 is 0. The van der Waals surface area contributed by atoms with Crippen LogP contribution in [-0.2, 0) is 20.7 Å². The number of aryl methyl sites for hydroxylation is 3. The van der Waals surface area contributed by atoms with Gasteiger partial charge in [0.2, 0.25) is 0 Å². The van der Waals surface area contributed by atoms with E-state index in [1.54, 1.807) is 0 Å². The van der Waals surface area contributed by atoms with Gasteiger partial charge in [-0.1, -0.05) is 54.1 Å². The second-order valence-corrected chi connectivity index (χ2v) is 18.6. The first-order valence-corrected chi connectivity index (χ1v) is 25.1. The van der Waals surface area contributed by atoms with Crippen molar-refractivity contribution in [2.45, 2.75) is 73.5 Å². The topological polar surface area (TPSA) is 92.8 Å². The molecule has 0 aliphatic carbocycles. The lowest BCUT2D eigenvalue weighted by molar-refractivity contribution is 0.0214. The number of carbonyl (C=O) groups excluding carboxylic acids is 2. The highest BCUT2D eigenvalue weighted by Gasteiger charge is 2.55. The van der Waals surface area contributed by atoms with Crippen molar-refractivity contribution in [3.8, 4) is 23.0 Å². The smallest absolute Gasteiger partial charge is 0.340 e. The molecule has 4 aliphatic heterocycles. The molecule has 0 saturated carbocycles. The van der Waals surface area contributed by atoms with Crippen molar-refractivity contribution in [1.82, 2.24) is 0 Å². The van der Waals surface area contributed by atoms with Crippen LogP contribution in [0.1, 0.15) is 112 Å². The largest absolute Gasteiger partial charge is 0.456 e. The summed E-state index contributed by atoms with van der Waals surface area (Å²) in [6.45, 7) is 24.5. The van der Waals surface area contributed by atoms with Gasteiger partial charge in [0.25, 0.3) is 0 Å². The molecule has 1 N–H and O–H groups in total. The molecule has 0 bridgehead atoms. The average molecular weight is 947 g/mol. The van der Waals surface area contributed by atoms with Gasteiger partial charge in [0.05, 0.1) is 11.1 Å². The number of hydrogen-bond acceptors (Lipinski definition) is 10. The van der Waals surface area contributed by atoms with Crippen molar-refractivity contribution in [3.63, 3.8) is 0 Å². The predicted octanol–water partition coefficient (Wildman–Crippen LogP) is 13.7. The van der Waals surface area contributed by atoms with Gasteiger partial charge in [0.15, 0.2) is 11.2 Å². The summed E-state index contributed by atoms with van der Waals surface area (Å²) in [6.07, 6.45) is 0. The van der Waals surface area contributed by atoms with Crippen molar-refractivity contribution < 1.29 is 28.5 Å². The molecule has 0 fully saturated rings. The van der Waals surface area contributed by atoms with Gasteiger partial charge in [-0.3, -0.25) is 0 Å². The van der Waals surface area contributed by atoms with Crippen molar-refractivity contribution in [3.05, 3.63) is 195 Å². The Balaban J connectivity index is 0.000000166. The molecule has 2 spiro atoms. The lowest BCUT2D eigenvalue weighted by atomic mass is 9.77. The number of hydrogen-bond donors (Lipinski definition) is 1. The first kappa shape index (κ1) is 47.0. The molecule has 4 aliphatic rings. The summed E-state index contributed by atoms with van der Waals surface area (Å²) in [5, 5.41) is 3.62. The van der Waals surface area contributed by atoms with Crippen LogP contribution in [0.3, 0.4) is 0 Å². The fraction of sp³-hybridized carbons (Fsp3) is 0.279. The summed E-state index contributed by atoms with van der Waals surface area (Å²) in [6, 6.07) is 44.5. The van der Waals surface area contributed by atoms with Crippen LogP contribution in [0.2, 0.25) is 0 Å². The van der Waals surface area contributed by atoms with E-state index in [0.29, 0.717) is 22.6 Å². The summed E-state index contributed by atoms with van der Waals surface area (Å²) in [7, 11) is 0. The molecule has 0 amide bonds. The number of nitrogens with one attached hydrogen (secondary N) is 1. The molecule has 0 saturated heterocycles. The summed E-state index contributed by atoms with van der Waals surface area (Å²) in [4.78, 5) is 33.1. The molecule has 7 aromatic carbocycles. The molecular formula is C61H62N4O6. The number of ether oxygens (including phenoxy) is 4. The Labute approximate surface area is 417 Å². The number of anilines is 5. The van der Waals surface area contributed by atoms with Gasteiger partial charge >= 0.3 is 11.9 Å². The standard InChI is InChI=1S/C33H32N2O3.C28H30N2O3/c1-6-35(7-2)23-13-14-26-31(18-23)37-30-17-22(5)29(34-28-15-12-20(3)16-21(28)4)19-27(30)33(26)25-11-9-8-10-24(25)32(36)38-33;1-5-29(6-2)19-13-15-23-25(17-19)32-26-18-20(30(7-3)8-4)14-16-24(26)28(23)22-12-10-9-11-21(22)27(31)33-28/h8-19,34H,6-7H2,1-5H3;9-18H,5-8H2,1-4H3. The molecular weight excluding hydrogens is 885 g/mol. The molecule has 0 radical (unpaired) electrons. The van der Waals surface area contributed by atoms with Gasteiger partial charge in [-0.25, -0.2) is 9.59 Å². The van der Waals surface area contributed by atoms with Gasteiger partial charge < -0.3 is 39.0 Å². The number of carbonyl (C=O) groups is 2. The summed E-state index contributed by atoms with van der Waals surface area (Å²) < 4.78 is 25.8. The van der Waals surface area contributed by atoms with Crippen LogP contribution in [0.4, 0.5) is 28.4 Å². The Morgan fingerprint density at radius 2 is 0.803 bits per heavy atom. The van der Waals surface area contributed by atoms with Crippen LogP contribution in [0.25, 0.3) is 0 Å². The van der Waals surface area contributed by atoms with Crippen molar-refractivity contribution >= 4 is 40.4 Å². The Kier molecular flexibility index (Phi) is 12.3. The van der Waals surface area contributed by atoms with Gasteiger partial charge in [0.1, 0.15) is 23.0 Å². The first-order valence-electron chi connectivity index (χ1n) is 25.1. The fourth-order valence-electron chi connectivity index (χ4n) is 11.1. The molecule has 71 heavy (non-hydrogen) atoms. The second-order valence-electron chi connectivity index (χ2n) is 18.6. The van der Waals surface area contributed by atoms with E-state index in [1.165, 1.54) is 11.1 Å². The Morgan fingerprint density at radius 3 is 1.23 bits per heavy atom. The highest BCUT2D eigenvalue weighted by molar-refractivity contribution is 5.98. The zero-order valence-corrected chi connectivity index (χ0v) is 42.2. The van der Waals surface area contributed by atoms with Crippen molar-refractivity contribution in [2.24, 2.45) is 0 Å². The minimum atomic E-state index is -1.09. The minimum absolute atomic E-state index is 0.301. The van der Waals surface area contributed by atoms with Crippen LogP contribution < -0.4 is 29.5 Å². The molecule has 1 unspecified atom stereocenters. The van der Waals surface area contributed by atoms with E-state index in [-0.39, 0.29) is 11.9 Å². The zero-order chi connectivity index (χ0) is 49.8. The quantitative estimate of drug-likeness (QED) is 0.126. The van der Waals surface area contributed by atoms with Crippen molar-refractivity contribution in [1.29, 1.82) is 0 Å². The number of fused-ring (bicyclic) bond motifs is 12. The summed E-state index contributed by atoms with van der Waals surface area (Å²) in [5.74, 6) is 2.24. The third-order valence-electron chi connectivity index (χ3n) is 14.8. The van der Waals surface area contributed by atoms with Gasteiger partial charge in [-0.05, 0) is 140 Å². The van der Waals surface area contributed by atoms with E-state index in [1.807, 2.05) is 54.6 Å². The molecule has 4 heterocycles. The molecule has 11 rings (SSSR count). The maximum atomic E-state index is 13.3. The second kappa shape index (κ2) is 18.6. The van der Waals surface area contributed by atoms with Crippen LogP contribution >= 0.6 is 0 Å². The Bertz CT molecular complexity index is 3160. The maximum Gasteiger partial charge on any atom is 0.340 e. The molecule has 10 heteroatoms. The molecule has 10 nitrogen and oxygen atoms in total. The monoisotopic (exact) mass is 946 g/mol. The normalized spacial score (nSPS) is 15.8. The number of benzene rings is 7. The van der Waals surface area contributed by atoms with Crippen LogP contribution in [0, 0.1) is 20.8 Å². The van der Waals surface area contributed by atoms with E-state index in [9.17, 15) is 9.59 Å². The van der Waals surface area contributed by atoms with Crippen LogP contribution in [0.5, 0.6) is 23.0 Å².